The van der Waals surface area contributed by atoms with Crippen molar-refractivity contribution in [3.05, 3.63) is 36.5 Å². The second kappa shape index (κ2) is 9.78. The molecule has 0 atom stereocenters. The molecule has 4 heteroatoms. The number of nitrogens with one attached hydrogen (secondary N) is 1. The second-order valence-electron chi connectivity index (χ2n) is 5.30. The highest BCUT2D eigenvalue weighted by molar-refractivity contribution is 5.70. The van der Waals surface area contributed by atoms with Crippen LogP contribution in [0.5, 0.6) is 0 Å². The zero-order valence-corrected chi connectivity index (χ0v) is 12.6. The van der Waals surface area contributed by atoms with Crippen molar-refractivity contribution in [3.8, 4) is 0 Å². The van der Waals surface area contributed by atoms with E-state index in [0.29, 0.717) is 13.0 Å². The number of hydrogen-bond acceptors (Lipinski definition) is 2. The summed E-state index contributed by atoms with van der Waals surface area (Å²) in [6.45, 7) is 3.99. The van der Waals surface area contributed by atoms with Gasteiger partial charge in [-0.05, 0) is 19.3 Å². The number of likely N-dealkylation sites (tertiary alicyclic amines) is 1. The van der Waals surface area contributed by atoms with Gasteiger partial charge in [-0.25, -0.2) is 0 Å². The van der Waals surface area contributed by atoms with Crippen molar-refractivity contribution < 1.29 is 26.8 Å². The summed E-state index contributed by atoms with van der Waals surface area (Å²) in [6.07, 6.45) is 16.4. The number of piperidine rings is 1. The molecule has 0 spiro atoms. The molecule has 0 aromatic rings. The minimum atomic E-state index is -0.0855. The minimum absolute atomic E-state index is 0. The van der Waals surface area contributed by atoms with Crippen LogP contribution in [-0.4, -0.2) is 32.2 Å². The summed E-state index contributed by atoms with van der Waals surface area (Å²) in [4.78, 5) is 13.3. The number of ether oxygens (including phenoxy) is 1. The van der Waals surface area contributed by atoms with Crippen molar-refractivity contribution >= 4 is 5.97 Å². The Hall–Kier alpha value is -1.06. The Kier molecular flexibility index (Phi) is 8.31. The number of quaternary nitrogens is 1. The first-order chi connectivity index (χ1) is 9.34. The van der Waals surface area contributed by atoms with Crippen LogP contribution in [0.25, 0.3) is 0 Å². The van der Waals surface area contributed by atoms with Crippen LogP contribution < -0.4 is 17.3 Å². The third-order valence-electron chi connectivity index (χ3n) is 3.73. The molecule has 1 fully saturated rings. The van der Waals surface area contributed by atoms with Crippen LogP contribution in [0.3, 0.4) is 0 Å². The normalized spacial score (nSPS) is 19.4. The van der Waals surface area contributed by atoms with E-state index < -0.39 is 0 Å². The lowest BCUT2D eigenvalue weighted by Gasteiger charge is -2.23. The van der Waals surface area contributed by atoms with Gasteiger partial charge in [-0.1, -0.05) is 36.5 Å². The summed E-state index contributed by atoms with van der Waals surface area (Å²) >= 11 is 0. The van der Waals surface area contributed by atoms with Crippen LogP contribution in [0.1, 0.15) is 25.7 Å². The Morgan fingerprint density at radius 2 is 1.70 bits per heavy atom. The van der Waals surface area contributed by atoms with Crippen molar-refractivity contribution in [1.82, 2.24) is 0 Å². The van der Waals surface area contributed by atoms with Crippen molar-refractivity contribution in [2.45, 2.75) is 25.7 Å². The predicted molar refractivity (Wildman–Crippen MR) is 75.9 cm³/mol. The summed E-state index contributed by atoms with van der Waals surface area (Å²) in [6, 6.07) is 0. The molecule has 0 aromatic carbocycles. The standard InChI is InChI=1S/C16H23NO2.ClH/c18-16(14-15-8-4-1-2-5-9-15)19-13-12-17-10-6-3-7-11-17;/h1-2,4-5,8-9,15H,3,6-7,10-14H2;1H. The molecule has 2 aliphatic rings. The molecule has 1 heterocycles. The van der Waals surface area contributed by atoms with Gasteiger partial charge in [0, 0.05) is 5.92 Å². The van der Waals surface area contributed by atoms with E-state index in [9.17, 15) is 4.79 Å². The molecule has 1 aliphatic carbocycles. The molecule has 1 saturated heterocycles. The van der Waals surface area contributed by atoms with E-state index in [2.05, 4.69) is 0 Å². The van der Waals surface area contributed by atoms with Crippen LogP contribution in [0.2, 0.25) is 0 Å². The molecule has 20 heavy (non-hydrogen) atoms. The van der Waals surface area contributed by atoms with E-state index in [4.69, 9.17) is 4.74 Å². The van der Waals surface area contributed by atoms with Gasteiger partial charge in [-0.2, -0.15) is 0 Å². The van der Waals surface area contributed by atoms with Gasteiger partial charge >= 0.3 is 5.97 Å². The van der Waals surface area contributed by atoms with Crippen molar-refractivity contribution in [3.63, 3.8) is 0 Å². The molecule has 0 bridgehead atoms. The Labute approximate surface area is 127 Å². The molecule has 2 rings (SSSR count). The lowest BCUT2D eigenvalue weighted by atomic mass is 10.1. The van der Waals surface area contributed by atoms with Gasteiger partial charge in [0.25, 0.3) is 0 Å². The largest absolute Gasteiger partial charge is 1.00 e. The van der Waals surface area contributed by atoms with Gasteiger partial charge in [-0.3, -0.25) is 4.79 Å². The zero-order valence-electron chi connectivity index (χ0n) is 11.9. The first kappa shape index (κ1) is 17.0. The second-order valence-corrected chi connectivity index (χ2v) is 5.30. The number of halogens is 1. The maximum atomic E-state index is 11.7. The highest BCUT2D eigenvalue weighted by Gasteiger charge is 2.15. The minimum Gasteiger partial charge on any atom is -1.00 e. The van der Waals surface area contributed by atoms with Crippen molar-refractivity contribution in [2.24, 2.45) is 5.92 Å². The maximum absolute atomic E-state index is 11.7. The Morgan fingerprint density at radius 1 is 1.05 bits per heavy atom. The van der Waals surface area contributed by atoms with E-state index in [1.165, 1.54) is 32.4 Å². The average molecular weight is 298 g/mol. The highest BCUT2D eigenvalue weighted by atomic mass is 35.5. The molecular formula is C16H24ClNO2. The molecular weight excluding hydrogens is 274 g/mol. The Balaban J connectivity index is 0.00000200. The number of allylic oxidation sites excluding steroid dienone is 6. The fourth-order valence-electron chi connectivity index (χ4n) is 2.60. The zero-order chi connectivity index (χ0) is 13.3. The first-order valence-electron chi connectivity index (χ1n) is 7.35. The number of hydrogen-bond donors (Lipinski definition) is 1. The van der Waals surface area contributed by atoms with E-state index >= 15 is 0 Å². The lowest BCUT2D eigenvalue weighted by Crippen LogP contribution is -3.13. The highest BCUT2D eigenvalue weighted by Crippen LogP contribution is 2.11. The van der Waals surface area contributed by atoms with Gasteiger partial charge < -0.3 is 22.0 Å². The fraction of sp³-hybridized carbons (Fsp3) is 0.562. The number of esters is 1. The number of carbonyl (C=O) groups is 1. The van der Waals surface area contributed by atoms with Crippen LogP contribution in [-0.2, 0) is 9.53 Å². The molecule has 1 aliphatic heterocycles. The summed E-state index contributed by atoms with van der Waals surface area (Å²) in [5.74, 6) is 0.0856. The van der Waals surface area contributed by atoms with E-state index in [-0.39, 0.29) is 24.3 Å². The molecule has 3 nitrogen and oxygen atoms in total. The predicted octanol–water partition coefficient (Wildman–Crippen LogP) is -1.71. The smallest absolute Gasteiger partial charge is 0.306 e. The van der Waals surface area contributed by atoms with Gasteiger partial charge in [0.15, 0.2) is 0 Å². The van der Waals surface area contributed by atoms with Gasteiger partial charge in [0.05, 0.1) is 19.5 Å². The van der Waals surface area contributed by atoms with Gasteiger partial charge in [0.1, 0.15) is 13.2 Å². The molecule has 1 N–H and O–H groups in total. The van der Waals surface area contributed by atoms with Crippen LogP contribution in [0, 0.1) is 5.92 Å². The molecule has 0 unspecified atom stereocenters. The maximum Gasteiger partial charge on any atom is 0.306 e. The monoisotopic (exact) mass is 297 g/mol. The van der Waals surface area contributed by atoms with Gasteiger partial charge in [0.2, 0.25) is 0 Å². The van der Waals surface area contributed by atoms with E-state index in [0.717, 1.165) is 6.54 Å². The molecule has 0 amide bonds. The Morgan fingerprint density at radius 3 is 2.35 bits per heavy atom. The van der Waals surface area contributed by atoms with Gasteiger partial charge in [-0.15, -0.1) is 0 Å². The molecule has 0 aromatic heterocycles. The molecule has 112 valence electrons. The SMILES string of the molecule is O=C(CC1C=CC=CC=C1)OCC[NH+]1CCCCC1.[Cl-]. The third-order valence-corrected chi connectivity index (χ3v) is 3.73. The van der Waals surface area contributed by atoms with Crippen LogP contribution in [0.4, 0.5) is 0 Å². The van der Waals surface area contributed by atoms with E-state index in [1.807, 2.05) is 36.5 Å². The molecule has 0 saturated carbocycles. The summed E-state index contributed by atoms with van der Waals surface area (Å²) in [5, 5.41) is 0. The summed E-state index contributed by atoms with van der Waals surface area (Å²) < 4.78 is 5.34. The van der Waals surface area contributed by atoms with E-state index in [1.54, 1.807) is 4.90 Å². The first-order valence-corrected chi connectivity index (χ1v) is 7.35. The number of carbonyl (C=O) groups excluding carboxylic acids is 1. The lowest BCUT2D eigenvalue weighted by molar-refractivity contribution is -0.905. The van der Waals surface area contributed by atoms with Crippen LogP contribution in [0.15, 0.2) is 36.5 Å². The van der Waals surface area contributed by atoms with Crippen molar-refractivity contribution in [2.75, 3.05) is 26.2 Å². The Bertz CT molecular complexity index is 355. The average Bonchev–Trinajstić information content (AvgIpc) is 2.68. The van der Waals surface area contributed by atoms with Crippen molar-refractivity contribution in [1.29, 1.82) is 0 Å². The third kappa shape index (κ3) is 6.40. The summed E-state index contributed by atoms with van der Waals surface area (Å²) in [7, 11) is 0. The van der Waals surface area contributed by atoms with Crippen LogP contribution >= 0.6 is 0 Å². The fourth-order valence-corrected chi connectivity index (χ4v) is 2.60. The number of rotatable bonds is 5. The summed E-state index contributed by atoms with van der Waals surface area (Å²) in [5.41, 5.74) is 0. The quantitative estimate of drug-likeness (QED) is 0.613. The topological polar surface area (TPSA) is 30.7 Å². The molecule has 0 radical (unpaired) electrons.